The minimum absolute atomic E-state index is 0.153. The maximum Gasteiger partial charge on any atom is 0.398 e. The van der Waals surface area contributed by atoms with E-state index in [4.69, 9.17) is 0 Å². The first-order chi connectivity index (χ1) is 8.29. The fourth-order valence-corrected chi connectivity index (χ4v) is 4.86. The van der Waals surface area contributed by atoms with Crippen molar-refractivity contribution >= 4 is 34.7 Å². The smallest absolute Gasteiger partial charge is 0.398 e. The van der Waals surface area contributed by atoms with Gasteiger partial charge in [0.2, 0.25) is 10.0 Å². The lowest BCUT2D eigenvalue weighted by molar-refractivity contribution is 0.301. The third kappa shape index (κ3) is 2.20. The summed E-state index contributed by atoms with van der Waals surface area (Å²) in [5.74, 6) is -0.153. The highest BCUT2D eigenvalue weighted by molar-refractivity contribution is 8.04. The molecule has 0 aromatic carbocycles. The number of hydrogen-bond donors (Lipinski definition) is 2. The summed E-state index contributed by atoms with van der Waals surface area (Å²) >= 11 is 1.48. The zero-order chi connectivity index (χ0) is 13.6. The first-order valence-electron chi connectivity index (χ1n) is 5.85. The van der Waals surface area contributed by atoms with Gasteiger partial charge in [0.05, 0.1) is 12.0 Å². The highest BCUT2D eigenvalue weighted by atomic mass is 32.2. The average molecular weight is 291 g/mol. The number of hydrogen-bond acceptors (Lipinski definition) is 6. The normalized spacial score (nSPS) is 26.7. The minimum atomic E-state index is -3.78. The molecule has 0 spiro atoms. The topological polar surface area (TPSA) is 90.2 Å². The molecule has 6 nitrogen and oxygen atoms in total. The molecule has 0 saturated carbocycles. The molecule has 0 saturated heterocycles. The molecule has 2 aliphatic rings. The Kier molecular flexibility index (Phi) is 3.52. The summed E-state index contributed by atoms with van der Waals surface area (Å²) in [6.45, 7) is 0.404. The molecule has 0 radical (unpaired) electrons. The number of nitrogens with zero attached hydrogens (tertiary/aromatic N) is 2. The molecule has 0 aromatic heterocycles. The van der Waals surface area contributed by atoms with E-state index in [1.165, 1.54) is 18.0 Å². The Morgan fingerprint density at radius 1 is 1.61 bits per heavy atom. The van der Waals surface area contributed by atoms with Gasteiger partial charge in [0.15, 0.2) is 0 Å². The van der Waals surface area contributed by atoms with Crippen LogP contribution >= 0.6 is 11.8 Å². The van der Waals surface area contributed by atoms with Crippen molar-refractivity contribution in [2.45, 2.75) is 31.9 Å². The lowest BCUT2D eigenvalue weighted by Gasteiger charge is -2.42. The maximum absolute atomic E-state index is 11.9. The molecule has 2 N–H and O–H groups in total. The van der Waals surface area contributed by atoms with Gasteiger partial charge in [-0.2, -0.15) is 0 Å². The van der Waals surface area contributed by atoms with Crippen LogP contribution in [-0.4, -0.2) is 46.7 Å². The monoisotopic (exact) mass is 291 g/mol. The van der Waals surface area contributed by atoms with Gasteiger partial charge in [0, 0.05) is 5.25 Å². The maximum atomic E-state index is 11.9. The molecular weight excluding hydrogens is 275 g/mol. The second-order valence-corrected chi connectivity index (χ2v) is 8.02. The van der Waals surface area contributed by atoms with Gasteiger partial charge in [-0.05, 0) is 17.7 Å². The predicted molar refractivity (Wildman–Crippen MR) is 73.3 cm³/mol. The summed E-state index contributed by atoms with van der Waals surface area (Å²) < 4.78 is 24.4. The third-order valence-electron chi connectivity index (χ3n) is 2.96. The van der Waals surface area contributed by atoms with Crippen LogP contribution in [0.25, 0.3) is 0 Å². The largest absolute Gasteiger partial charge is 0.560 e. The van der Waals surface area contributed by atoms with Gasteiger partial charge in [0.1, 0.15) is 0 Å². The van der Waals surface area contributed by atoms with Gasteiger partial charge in [-0.3, -0.25) is 0 Å². The predicted octanol–water partition coefficient (Wildman–Crippen LogP) is 0.270. The summed E-state index contributed by atoms with van der Waals surface area (Å²) in [5, 5.41) is 24.3. The average Bonchev–Trinajstić information content (AvgIpc) is 2.59. The van der Waals surface area contributed by atoms with Crippen molar-refractivity contribution in [1.82, 2.24) is 4.33 Å². The number of sulfonamides is 1. The van der Waals surface area contributed by atoms with Crippen molar-refractivity contribution in [3.8, 4) is 0 Å². The molecule has 102 valence electrons. The van der Waals surface area contributed by atoms with E-state index in [2.05, 4.69) is 5.10 Å². The van der Waals surface area contributed by atoms with E-state index in [1.54, 1.807) is 6.92 Å². The molecule has 0 bridgehead atoms. The zero-order valence-corrected chi connectivity index (χ0v) is 11.9. The van der Waals surface area contributed by atoms with Crippen molar-refractivity contribution in [2.24, 2.45) is 5.10 Å². The van der Waals surface area contributed by atoms with Crippen LogP contribution in [0.2, 0.25) is 0 Å². The number of thioether (sulfide) groups is 1. The first-order valence-corrected chi connectivity index (χ1v) is 8.34. The van der Waals surface area contributed by atoms with Crippen LogP contribution in [0.5, 0.6) is 0 Å². The SMILES string of the molecule is CCCS(=O)(=O)N1N=CC2=C(CC(C)S2)[B-]1(O)O. The Balaban J connectivity index is 2.37. The summed E-state index contributed by atoms with van der Waals surface area (Å²) in [6.07, 6.45) is 2.28. The third-order valence-corrected chi connectivity index (χ3v) is 6.04. The van der Waals surface area contributed by atoms with Crippen molar-refractivity contribution in [1.29, 1.82) is 0 Å². The van der Waals surface area contributed by atoms with Crippen LogP contribution in [0.3, 0.4) is 0 Å². The molecule has 2 heterocycles. The second-order valence-electron chi connectivity index (χ2n) is 4.59. The molecule has 0 aliphatic carbocycles. The van der Waals surface area contributed by atoms with E-state index >= 15 is 0 Å². The molecule has 9 heteroatoms. The molecule has 18 heavy (non-hydrogen) atoms. The molecule has 0 fully saturated rings. The molecule has 0 aromatic rings. The van der Waals surface area contributed by atoms with Gasteiger partial charge in [-0.15, -0.1) is 17.2 Å². The highest BCUT2D eigenvalue weighted by Gasteiger charge is 2.44. The van der Waals surface area contributed by atoms with E-state index in [-0.39, 0.29) is 11.0 Å². The molecular formula is C9H16BN2O4S2-. The van der Waals surface area contributed by atoms with Gasteiger partial charge in [0.25, 0.3) is 0 Å². The van der Waals surface area contributed by atoms with E-state index in [1.807, 2.05) is 6.92 Å². The zero-order valence-electron chi connectivity index (χ0n) is 10.3. The highest BCUT2D eigenvalue weighted by Crippen LogP contribution is 2.42. The Bertz CT molecular complexity index is 515. The van der Waals surface area contributed by atoms with E-state index < -0.39 is 16.7 Å². The first kappa shape index (κ1) is 13.9. The van der Waals surface area contributed by atoms with E-state index in [0.717, 1.165) is 0 Å². The second kappa shape index (κ2) is 4.55. The van der Waals surface area contributed by atoms with E-state index in [9.17, 15) is 18.5 Å². The molecule has 1 atom stereocenters. The molecule has 2 rings (SSSR count). The van der Waals surface area contributed by atoms with Crippen LogP contribution < -0.4 is 0 Å². The quantitative estimate of drug-likeness (QED) is 0.728. The summed E-state index contributed by atoms with van der Waals surface area (Å²) in [4.78, 5) is 0.676. The van der Waals surface area contributed by atoms with Crippen molar-refractivity contribution in [2.75, 3.05) is 5.75 Å². The minimum Gasteiger partial charge on any atom is -0.560 e. The van der Waals surface area contributed by atoms with E-state index in [0.29, 0.717) is 27.5 Å². The Labute approximate surface area is 111 Å². The summed E-state index contributed by atoms with van der Waals surface area (Å²) in [6, 6.07) is 0. The molecule has 1 unspecified atom stereocenters. The van der Waals surface area contributed by atoms with Crippen molar-refractivity contribution in [3.63, 3.8) is 0 Å². The summed E-state index contributed by atoms with van der Waals surface area (Å²) in [7, 11) is -3.78. The Morgan fingerprint density at radius 3 is 2.89 bits per heavy atom. The summed E-state index contributed by atoms with van der Waals surface area (Å²) in [5.41, 5.74) is 0.377. The lowest BCUT2D eigenvalue weighted by atomic mass is 9.62. The lowest BCUT2D eigenvalue weighted by Crippen LogP contribution is -2.58. The number of allylic oxidation sites excluding steroid dienone is 2. The molecule has 2 aliphatic heterocycles. The van der Waals surface area contributed by atoms with Crippen molar-refractivity contribution in [3.05, 3.63) is 10.4 Å². The standard InChI is InChI=1S/C9H16BN2O4S2/c1-3-4-18(15,16)12-10(13,14)8-5-7(2)17-9(8)6-11-12/h6-7,13-14H,3-5H2,1-2H3/q-1. The molecule has 0 amide bonds. The van der Waals surface area contributed by atoms with Crippen LogP contribution in [0.15, 0.2) is 15.5 Å². The van der Waals surface area contributed by atoms with Gasteiger partial charge in [-0.25, -0.2) is 13.5 Å². The van der Waals surface area contributed by atoms with Gasteiger partial charge in [-0.1, -0.05) is 13.8 Å². The van der Waals surface area contributed by atoms with Crippen LogP contribution in [0, 0.1) is 0 Å². The van der Waals surface area contributed by atoms with Crippen LogP contribution in [-0.2, 0) is 10.0 Å². The van der Waals surface area contributed by atoms with Gasteiger partial charge < -0.3 is 14.4 Å². The fourth-order valence-electron chi connectivity index (χ4n) is 2.19. The number of rotatable bonds is 3. The Morgan fingerprint density at radius 2 is 2.28 bits per heavy atom. The van der Waals surface area contributed by atoms with Crippen LogP contribution in [0.4, 0.5) is 0 Å². The fraction of sp³-hybridized carbons (Fsp3) is 0.667. The van der Waals surface area contributed by atoms with Crippen LogP contribution in [0.1, 0.15) is 26.7 Å². The number of hydrazone groups is 1. The Hall–Kier alpha value is -0.505. The van der Waals surface area contributed by atoms with Gasteiger partial charge >= 0.3 is 6.69 Å². The van der Waals surface area contributed by atoms with Crippen molar-refractivity contribution < 1.29 is 18.5 Å².